The molecule has 1 aliphatic rings. The van der Waals surface area contributed by atoms with Crippen LogP contribution in [0.1, 0.15) is 21.9 Å². The van der Waals surface area contributed by atoms with E-state index < -0.39 is 16.7 Å². The van der Waals surface area contributed by atoms with Gasteiger partial charge in [0.25, 0.3) is 0 Å². The molecule has 0 aliphatic carbocycles. The molecule has 18 heavy (non-hydrogen) atoms. The summed E-state index contributed by atoms with van der Waals surface area (Å²) in [6, 6.07) is 1.84. The van der Waals surface area contributed by atoms with Gasteiger partial charge in [-0.3, -0.25) is 19.3 Å². The van der Waals surface area contributed by atoms with Crippen LogP contribution in [0.5, 0.6) is 0 Å². The van der Waals surface area contributed by atoms with Gasteiger partial charge in [-0.2, -0.15) is 0 Å². The molecule has 0 aromatic carbocycles. The van der Waals surface area contributed by atoms with Crippen LogP contribution in [-0.2, 0) is 17.3 Å². The van der Waals surface area contributed by atoms with Crippen LogP contribution in [0.25, 0.3) is 0 Å². The fourth-order valence-electron chi connectivity index (χ4n) is 1.97. The summed E-state index contributed by atoms with van der Waals surface area (Å²) >= 11 is 0. The molecular weight excluding hydrogens is 254 g/mol. The average Bonchev–Trinajstić information content (AvgIpc) is 2.72. The summed E-state index contributed by atoms with van der Waals surface area (Å²) in [6.45, 7) is 4.04. The highest BCUT2D eigenvalue weighted by Gasteiger charge is 2.19. The van der Waals surface area contributed by atoms with Gasteiger partial charge in [-0.05, 0) is 13.0 Å². The van der Waals surface area contributed by atoms with Crippen LogP contribution in [0.15, 0.2) is 10.5 Å². The molecule has 2 heterocycles. The summed E-state index contributed by atoms with van der Waals surface area (Å²) in [7, 11) is -0.680. The maximum absolute atomic E-state index is 11.4. The third-order valence-electron chi connectivity index (χ3n) is 2.96. The fourth-order valence-corrected chi connectivity index (χ4v) is 3.10. The van der Waals surface area contributed by atoms with Gasteiger partial charge in [-0.15, -0.1) is 0 Å². The summed E-state index contributed by atoms with van der Waals surface area (Å²) in [5.41, 5.74) is 2.83. The zero-order chi connectivity index (χ0) is 13.1. The minimum Gasteiger partial charge on any atom is -0.454 e. The Morgan fingerprint density at radius 2 is 2.22 bits per heavy atom. The van der Waals surface area contributed by atoms with E-state index in [1.54, 1.807) is 0 Å². The third kappa shape index (κ3) is 2.98. The van der Waals surface area contributed by atoms with Gasteiger partial charge in [0, 0.05) is 41.0 Å². The molecule has 1 aromatic rings. The van der Waals surface area contributed by atoms with E-state index in [-0.39, 0.29) is 5.76 Å². The number of hydrogen-bond acceptors (Lipinski definition) is 5. The van der Waals surface area contributed by atoms with Gasteiger partial charge in [0.05, 0.1) is 6.54 Å². The van der Waals surface area contributed by atoms with Crippen molar-refractivity contribution < 1.29 is 13.4 Å². The molecule has 0 spiro atoms. The Bertz CT molecular complexity index is 462. The number of rotatable bonds is 3. The number of furan rings is 1. The molecule has 1 fully saturated rings. The van der Waals surface area contributed by atoms with Crippen LogP contribution in [0.3, 0.4) is 0 Å². The Hall–Kier alpha value is -1.18. The molecule has 100 valence electrons. The summed E-state index contributed by atoms with van der Waals surface area (Å²) in [5, 5.41) is 0. The molecule has 1 aliphatic heterocycles. The first-order chi connectivity index (χ1) is 8.60. The fraction of sp³-hybridized carbons (Fsp3) is 0.545. The number of carbonyl (C=O) groups is 1. The van der Waals surface area contributed by atoms with Crippen molar-refractivity contribution in [2.75, 3.05) is 24.6 Å². The Balaban J connectivity index is 2.02. The molecule has 0 bridgehead atoms. The minimum absolute atomic E-state index is 0.257. The van der Waals surface area contributed by atoms with E-state index in [2.05, 4.69) is 10.3 Å². The van der Waals surface area contributed by atoms with Gasteiger partial charge >= 0.3 is 5.91 Å². The van der Waals surface area contributed by atoms with Gasteiger partial charge in [0.1, 0.15) is 5.76 Å². The van der Waals surface area contributed by atoms with E-state index in [1.165, 1.54) is 0 Å². The maximum Gasteiger partial charge on any atom is 0.301 e. The average molecular weight is 271 g/mol. The quantitative estimate of drug-likeness (QED) is 0.450. The highest BCUT2D eigenvalue weighted by atomic mass is 32.2. The van der Waals surface area contributed by atoms with Crippen LogP contribution in [0, 0.1) is 6.92 Å². The van der Waals surface area contributed by atoms with Crippen molar-refractivity contribution in [3.63, 3.8) is 0 Å². The molecule has 1 aromatic heterocycles. The Morgan fingerprint density at radius 3 is 2.83 bits per heavy atom. The number of hydrogen-bond donors (Lipinski definition) is 2. The number of hydrazine groups is 1. The third-order valence-corrected chi connectivity index (χ3v) is 4.23. The van der Waals surface area contributed by atoms with Crippen molar-refractivity contribution in [2.24, 2.45) is 5.84 Å². The number of nitrogen functional groups attached to an aromatic ring is 1. The van der Waals surface area contributed by atoms with Gasteiger partial charge in [-0.25, -0.2) is 5.84 Å². The van der Waals surface area contributed by atoms with E-state index in [9.17, 15) is 9.00 Å². The first-order valence-corrected chi connectivity index (χ1v) is 7.26. The summed E-state index contributed by atoms with van der Waals surface area (Å²) < 4.78 is 16.7. The van der Waals surface area contributed by atoms with Crippen molar-refractivity contribution in [1.82, 2.24) is 10.3 Å². The predicted octanol–water partition coefficient (Wildman–Crippen LogP) is -0.244. The minimum atomic E-state index is -0.680. The van der Waals surface area contributed by atoms with E-state index in [1.807, 2.05) is 13.0 Å². The van der Waals surface area contributed by atoms with Crippen LogP contribution in [0.2, 0.25) is 0 Å². The zero-order valence-corrected chi connectivity index (χ0v) is 11.1. The van der Waals surface area contributed by atoms with E-state index in [0.29, 0.717) is 18.1 Å². The number of carbonyl (C=O) groups excluding carboxylic acids is 1. The molecule has 7 heteroatoms. The molecular formula is C11H17N3O3S. The molecule has 2 rings (SSSR count). The van der Waals surface area contributed by atoms with Crippen LogP contribution in [0.4, 0.5) is 0 Å². The lowest BCUT2D eigenvalue weighted by atomic mass is 10.2. The SMILES string of the molecule is Cc1cc(CN2CCS(=O)CC2)oc1C(=O)NN. The van der Waals surface area contributed by atoms with Crippen molar-refractivity contribution in [3.05, 3.63) is 23.2 Å². The monoisotopic (exact) mass is 271 g/mol. The second-order valence-corrected chi connectivity index (χ2v) is 6.02. The zero-order valence-electron chi connectivity index (χ0n) is 10.3. The van der Waals surface area contributed by atoms with E-state index in [0.717, 1.165) is 24.4 Å². The largest absolute Gasteiger partial charge is 0.454 e. The first-order valence-electron chi connectivity index (χ1n) is 5.77. The van der Waals surface area contributed by atoms with Gasteiger partial charge in [0.15, 0.2) is 5.76 Å². The lowest BCUT2D eigenvalue weighted by Gasteiger charge is -2.24. The second-order valence-electron chi connectivity index (χ2n) is 4.32. The lowest BCUT2D eigenvalue weighted by Crippen LogP contribution is -2.37. The number of aryl methyl sites for hydroxylation is 1. The normalized spacial score (nSPS) is 17.9. The number of amides is 1. The highest BCUT2D eigenvalue weighted by Crippen LogP contribution is 2.17. The standard InChI is InChI=1S/C11H17N3O3S/c1-8-6-9(17-10(8)11(15)13-12)7-14-2-4-18(16)5-3-14/h6H,2-5,7,12H2,1H3,(H,13,15). The molecule has 1 saturated heterocycles. The molecule has 0 radical (unpaired) electrons. The highest BCUT2D eigenvalue weighted by molar-refractivity contribution is 7.85. The Morgan fingerprint density at radius 1 is 1.56 bits per heavy atom. The van der Waals surface area contributed by atoms with Gasteiger partial charge in [-0.1, -0.05) is 0 Å². The van der Waals surface area contributed by atoms with Gasteiger partial charge in [0.2, 0.25) is 0 Å². The summed E-state index contributed by atoms with van der Waals surface area (Å²) in [5.74, 6) is 7.06. The second kappa shape index (κ2) is 5.64. The van der Waals surface area contributed by atoms with Gasteiger partial charge < -0.3 is 4.42 Å². The molecule has 0 atom stereocenters. The molecule has 6 nitrogen and oxygen atoms in total. The van der Waals surface area contributed by atoms with Crippen molar-refractivity contribution in [3.8, 4) is 0 Å². The Kier molecular flexibility index (Phi) is 4.15. The molecule has 1 amide bonds. The number of nitrogens with one attached hydrogen (secondary N) is 1. The maximum atomic E-state index is 11.4. The summed E-state index contributed by atoms with van der Waals surface area (Å²) in [4.78, 5) is 13.6. The smallest absolute Gasteiger partial charge is 0.301 e. The van der Waals surface area contributed by atoms with Crippen molar-refractivity contribution in [2.45, 2.75) is 13.5 Å². The number of nitrogens with zero attached hydrogens (tertiary/aromatic N) is 1. The summed E-state index contributed by atoms with van der Waals surface area (Å²) in [6.07, 6.45) is 0. The first kappa shape index (κ1) is 13.3. The van der Waals surface area contributed by atoms with Crippen molar-refractivity contribution >= 4 is 16.7 Å². The van der Waals surface area contributed by atoms with Crippen molar-refractivity contribution in [1.29, 1.82) is 0 Å². The Labute approximate surface area is 108 Å². The van der Waals surface area contributed by atoms with Crippen LogP contribution < -0.4 is 11.3 Å². The predicted molar refractivity (Wildman–Crippen MR) is 68.3 cm³/mol. The van der Waals surface area contributed by atoms with E-state index in [4.69, 9.17) is 10.3 Å². The number of nitrogens with two attached hydrogens (primary N) is 1. The molecule has 0 unspecified atom stereocenters. The lowest BCUT2D eigenvalue weighted by molar-refractivity contribution is 0.0921. The van der Waals surface area contributed by atoms with Crippen LogP contribution in [-0.4, -0.2) is 39.6 Å². The van der Waals surface area contributed by atoms with E-state index >= 15 is 0 Å². The van der Waals surface area contributed by atoms with Crippen LogP contribution >= 0.6 is 0 Å². The molecule has 0 saturated carbocycles. The topological polar surface area (TPSA) is 88.6 Å². The molecule has 3 N–H and O–H groups in total.